The lowest BCUT2D eigenvalue weighted by molar-refractivity contribution is -0.115. The zero-order chi connectivity index (χ0) is 15.4. The molecule has 0 aliphatic heterocycles. The van der Waals surface area contributed by atoms with Crippen molar-refractivity contribution in [1.82, 2.24) is 0 Å². The standard InChI is InChI=1S/C16H13NO4/c1-11(18)17(15(19)12-5-3-2-4-6-12)14-9-7-13(8-10-14)16(20)21/h2-10H,1H3,(H,20,21). The monoisotopic (exact) mass is 283 g/mol. The Hall–Kier alpha value is -2.95. The number of anilines is 1. The zero-order valence-corrected chi connectivity index (χ0v) is 11.3. The summed E-state index contributed by atoms with van der Waals surface area (Å²) in [5.41, 5.74) is 0.811. The molecule has 0 unspecified atom stereocenters. The molecular weight excluding hydrogens is 270 g/mol. The van der Waals surface area contributed by atoms with Gasteiger partial charge in [0.15, 0.2) is 0 Å². The van der Waals surface area contributed by atoms with Crippen LogP contribution in [0.3, 0.4) is 0 Å². The van der Waals surface area contributed by atoms with Crippen LogP contribution < -0.4 is 4.90 Å². The van der Waals surface area contributed by atoms with Crippen molar-refractivity contribution in [2.75, 3.05) is 4.90 Å². The summed E-state index contributed by atoms with van der Waals surface area (Å²) in [5.74, 6) is -1.96. The van der Waals surface area contributed by atoms with Crippen LogP contribution in [0.25, 0.3) is 0 Å². The minimum Gasteiger partial charge on any atom is -0.478 e. The van der Waals surface area contributed by atoms with Gasteiger partial charge in [0.25, 0.3) is 5.91 Å². The predicted octanol–water partition coefficient (Wildman–Crippen LogP) is 2.58. The largest absolute Gasteiger partial charge is 0.478 e. The first kappa shape index (κ1) is 14.5. The highest BCUT2D eigenvalue weighted by Gasteiger charge is 2.21. The van der Waals surface area contributed by atoms with E-state index in [9.17, 15) is 14.4 Å². The number of benzene rings is 2. The van der Waals surface area contributed by atoms with Crippen LogP contribution in [0.15, 0.2) is 54.6 Å². The van der Waals surface area contributed by atoms with Gasteiger partial charge in [-0.05, 0) is 36.4 Å². The van der Waals surface area contributed by atoms with Crippen molar-refractivity contribution in [2.24, 2.45) is 0 Å². The van der Waals surface area contributed by atoms with Crippen LogP contribution in [0, 0.1) is 0 Å². The summed E-state index contributed by atoms with van der Waals surface area (Å²) in [6.07, 6.45) is 0. The number of amides is 2. The topological polar surface area (TPSA) is 74.7 Å². The molecule has 5 nitrogen and oxygen atoms in total. The maximum Gasteiger partial charge on any atom is 0.335 e. The van der Waals surface area contributed by atoms with Crippen LogP contribution in [-0.2, 0) is 4.79 Å². The fourth-order valence-corrected chi connectivity index (χ4v) is 1.90. The van der Waals surface area contributed by atoms with Gasteiger partial charge in [0.2, 0.25) is 5.91 Å². The second-order valence-electron chi connectivity index (χ2n) is 4.38. The summed E-state index contributed by atoms with van der Waals surface area (Å²) in [5, 5.41) is 8.86. The lowest BCUT2D eigenvalue weighted by Crippen LogP contribution is -2.35. The summed E-state index contributed by atoms with van der Waals surface area (Å²) < 4.78 is 0. The number of carboxylic acids is 1. The summed E-state index contributed by atoms with van der Waals surface area (Å²) in [6, 6.07) is 14.0. The Morgan fingerprint density at radius 1 is 0.857 bits per heavy atom. The van der Waals surface area contributed by atoms with Crippen LogP contribution in [0.2, 0.25) is 0 Å². The highest BCUT2D eigenvalue weighted by molar-refractivity contribution is 6.20. The van der Waals surface area contributed by atoms with Crippen LogP contribution >= 0.6 is 0 Å². The summed E-state index contributed by atoms with van der Waals surface area (Å²) in [7, 11) is 0. The third kappa shape index (κ3) is 3.14. The highest BCUT2D eigenvalue weighted by atomic mass is 16.4. The third-order valence-corrected chi connectivity index (χ3v) is 2.91. The van der Waals surface area contributed by atoms with Gasteiger partial charge in [-0.2, -0.15) is 0 Å². The Balaban J connectivity index is 2.38. The molecule has 2 rings (SSSR count). The van der Waals surface area contributed by atoms with Crippen LogP contribution in [0.1, 0.15) is 27.6 Å². The van der Waals surface area contributed by atoms with E-state index in [0.29, 0.717) is 11.3 Å². The molecule has 0 atom stereocenters. The number of imide groups is 1. The van der Waals surface area contributed by atoms with E-state index in [1.54, 1.807) is 30.3 Å². The molecule has 0 fully saturated rings. The number of carboxylic acid groups (broad SMARTS) is 1. The molecule has 0 spiro atoms. The Morgan fingerprint density at radius 2 is 1.43 bits per heavy atom. The first-order valence-electron chi connectivity index (χ1n) is 6.24. The second kappa shape index (κ2) is 6.00. The van der Waals surface area contributed by atoms with Crippen molar-refractivity contribution < 1.29 is 19.5 Å². The number of carbonyl (C=O) groups excluding carboxylic acids is 2. The smallest absolute Gasteiger partial charge is 0.335 e. The molecule has 0 aliphatic carbocycles. The first-order valence-corrected chi connectivity index (χ1v) is 6.24. The van der Waals surface area contributed by atoms with Crippen molar-refractivity contribution in [3.8, 4) is 0 Å². The quantitative estimate of drug-likeness (QED) is 0.939. The molecule has 0 aromatic heterocycles. The highest BCUT2D eigenvalue weighted by Crippen LogP contribution is 2.18. The van der Waals surface area contributed by atoms with E-state index in [1.807, 2.05) is 0 Å². The van der Waals surface area contributed by atoms with E-state index in [2.05, 4.69) is 0 Å². The van der Waals surface area contributed by atoms with Crippen LogP contribution in [-0.4, -0.2) is 22.9 Å². The minimum absolute atomic E-state index is 0.0920. The third-order valence-electron chi connectivity index (χ3n) is 2.91. The van der Waals surface area contributed by atoms with E-state index < -0.39 is 17.8 Å². The second-order valence-corrected chi connectivity index (χ2v) is 4.38. The van der Waals surface area contributed by atoms with Gasteiger partial charge in [-0.1, -0.05) is 18.2 Å². The molecule has 0 saturated heterocycles. The van der Waals surface area contributed by atoms with E-state index >= 15 is 0 Å². The summed E-state index contributed by atoms with van der Waals surface area (Å²) in [4.78, 5) is 36.0. The number of aromatic carboxylic acids is 1. The van der Waals surface area contributed by atoms with Gasteiger partial charge in [0.1, 0.15) is 0 Å². The number of hydrogen-bond donors (Lipinski definition) is 1. The van der Waals surface area contributed by atoms with Crippen molar-refractivity contribution in [3.63, 3.8) is 0 Å². The minimum atomic E-state index is -1.06. The van der Waals surface area contributed by atoms with Gasteiger partial charge in [-0.3, -0.25) is 9.59 Å². The van der Waals surface area contributed by atoms with Crippen LogP contribution in [0.4, 0.5) is 5.69 Å². The Kier molecular flexibility index (Phi) is 4.13. The van der Waals surface area contributed by atoms with Crippen molar-refractivity contribution in [1.29, 1.82) is 0 Å². The fourth-order valence-electron chi connectivity index (χ4n) is 1.90. The molecule has 0 heterocycles. The Morgan fingerprint density at radius 3 is 1.90 bits per heavy atom. The van der Waals surface area contributed by atoms with Gasteiger partial charge in [-0.25, -0.2) is 9.69 Å². The van der Waals surface area contributed by atoms with Gasteiger partial charge in [0.05, 0.1) is 11.3 Å². The SMILES string of the molecule is CC(=O)N(C(=O)c1ccccc1)c1ccc(C(=O)O)cc1. The average Bonchev–Trinajstić information content (AvgIpc) is 2.48. The molecule has 5 heteroatoms. The maximum absolute atomic E-state index is 12.4. The molecular formula is C16H13NO4. The molecule has 1 N–H and O–H groups in total. The van der Waals surface area contributed by atoms with Gasteiger partial charge in [-0.15, -0.1) is 0 Å². The van der Waals surface area contributed by atoms with Crippen molar-refractivity contribution >= 4 is 23.5 Å². The van der Waals surface area contributed by atoms with Gasteiger partial charge < -0.3 is 5.11 Å². The molecule has 0 saturated carbocycles. The molecule has 21 heavy (non-hydrogen) atoms. The summed E-state index contributed by atoms with van der Waals surface area (Å²) >= 11 is 0. The van der Waals surface area contributed by atoms with Crippen LogP contribution in [0.5, 0.6) is 0 Å². The van der Waals surface area contributed by atoms with Crippen molar-refractivity contribution in [3.05, 3.63) is 65.7 Å². The first-order chi connectivity index (χ1) is 10.0. The average molecular weight is 283 g/mol. The van der Waals surface area contributed by atoms with Crippen molar-refractivity contribution in [2.45, 2.75) is 6.92 Å². The number of rotatable bonds is 3. The molecule has 0 bridgehead atoms. The fraction of sp³-hybridized carbons (Fsp3) is 0.0625. The lowest BCUT2D eigenvalue weighted by atomic mass is 10.1. The number of carbonyl (C=O) groups is 3. The van der Waals surface area contributed by atoms with E-state index in [4.69, 9.17) is 5.11 Å². The number of nitrogens with zero attached hydrogens (tertiary/aromatic N) is 1. The predicted molar refractivity (Wildman–Crippen MR) is 77.3 cm³/mol. The Labute approximate surface area is 121 Å². The number of hydrogen-bond acceptors (Lipinski definition) is 3. The molecule has 2 aromatic rings. The Bertz CT molecular complexity index is 677. The molecule has 0 radical (unpaired) electrons. The molecule has 2 aromatic carbocycles. The van der Waals surface area contributed by atoms with Gasteiger partial charge in [0, 0.05) is 12.5 Å². The van der Waals surface area contributed by atoms with Gasteiger partial charge >= 0.3 is 5.97 Å². The summed E-state index contributed by atoms with van der Waals surface area (Å²) in [6.45, 7) is 1.28. The molecule has 0 aliphatic rings. The van der Waals surface area contributed by atoms with E-state index in [1.165, 1.54) is 31.2 Å². The molecule has 2 amide bonds. The maximum atomic E-state index is 12.4. The van der Waals surface area contributed by atoms with E-state index in [0.717, 1.165) is 4.90 Å². The normalized spacial score (nSPS) is 9.95. The molecule has 106 valence electrons. The van der Waals surface area contributed by atoms with E-state index in [-0.39, 0.29) is 5.56 Å². The zero-order valence-electron chi connectivity index (χ0n) is 11.3. The lowest BCUT2D eigenvalue weighted by Gasteiger charge is -2.19.